The van der Waals surface area contributed by atoms with Crippen LogP contribution < -0.4 is 5.32 Å². The van der Waals surface area contributed by atoms with Gasteiger partial charge < -0.3 is 14.8 Å². The Balaban J connectivity index is 4.31. The highest BCUT2D eigenvalue weighted by Gasteiger charge is 2.23. The highest BCUT2D eigenvalue weighted by molar-refractivity contribution is 7.98. The molecule has 6 heteroatoms. The van der Waals surface area contributed by atoms with E-state index in [9.17, 15) is 9.59 Å². The van der Waals surface area contributed by atoms with Crippen LogP contribution in [0.2, 0.25) is 0 Å². The van der Waals surface area contributed by atoms with Crippen molar-refractivity contribution in [3.05, 3.63) is 0 Å². The molecule has 118 valence electrons. The molecule has 0 saturated carbocycles. The van der Waals surface area contributed by atoms with E-state index in [2.05, 4.69) is 5.32 Å². The molecule has 0 radical (unpaired) electrons. The van der Waals surface area contributed by atoms with Crippen LogP contribution in [0.25, 0.3) is 0 Å². The highest BCUT2D eigenvalue weighted by atomic mass is 32.2. The second kappa shape index (κ2) is 10.8. The molecule has 1 amide bonds. The summed E-state index contributed by atoms with van der Waals surface area (Å²) >= 11 is 1.62. The van der Waals surface area contributed by atoms with Crippen LogP contribution in [0.1, 0.15) is 34.1 Å². The highest BCUT2D eigenvalue weighted by Crippen LogP contribution is 2.05. The summed E-state index contributed by atoms with van der Waals surface area (Å²) in [7, 11) is 0. The first-order valence-corrected chi connectivity index (χ1v) is 8.35. The molecule has 0 aromatic heterocycles. The topological polar surface area (TPSA) is 64.6 Å². The summed E-state index contributed by atoms with van der Waals surface area (Å²) in [5.74, 6) is 0.909. The molecule has 0 heterocycles. The Morgan fingerprint density at radius 1 is 1.05 bits per heavy atom. The number of carbonyl (C=O) groups is 2. The molecular formula is C14H27NO4S. The number of carbonyl (C=O) groups excluding carboxylic acids is 2. The molecule has 0 bridgehead atoms. The van der Waals surface area contributed by atoms with Gasteiger partial charge in [-0.2, -0.15) is 11.8 Å². The van der Waals surface area contributed by atoms with Gasteiger partial charge in [-0.25, -0.2) is 9.59 Å². The van der Waals surface area contributed by atoms with Gasteiger partial charge in [0.2, 0.25) is 0 Å². The zero-order valence-corrected chi connectivity index (χ0v) is 13.9. The van der Waals surface area contributed by atoms with Crippen LogP contribution in [0, 0.1) is 11.8 Å². The van der Waals surface area contributed by atoms with Crippen molar-refractivity contribution in [3.63, 3.8) is 0 Å². The molecule has 1 N–H and O–H groups in total. The molecule has 20 heavy (non-hydrogen) atoms. The van der Waals surface area contributed by atoms with Gasteiger partial charge in [0.05, 0.1) is 13.2 Å². The molecule has 0 aromatic carbocycles. The van der Waals surface area contributed by atoms with Crippen molar-refractivity contribution in [2.45, 2.75) is 40.2 Å². The Morgan fingerprint density at radius 2 is 1.60 bits per heavy atom. The van der Waals surface area contributed by atoms with Crippen molar-refractivity contribution < 1.29 is 19.1 Å². The lowest BCUT2D eigenvalue weighted by Crippen LogP contribution is -2.43. The molecule has 5 nitrogen and oxygen atoms in total. The Hall–Kier alpha value is -0.910. The van der Waals surface area contributed by atoms with Crippen LogP contribution >= 0.6 is 11.8 Å². The number of alkyl carbamates (subject to hydrolysis) is 1. The first-order chi connectivity index (χ1) is 9.36. The number of nitrogens with one attached hydrogen (secondary N) is 1. The molecule has 0 aliphatic heterocycles. The van der Waals surface area contributed by atoms with E-state index in [0.717, 1.165) is 5.75 Å². The quantitative estimate of drug-likeness (QED) is 0.664. The van der Waals surface area contributed by atoms with Gasteiger partial charge in [-0.3, -0.25) is 0 Å². The lowest BCUT2D eigenvalue weighted by atomic mass is 10.2. The Bertz CT molecular complexity index is 295. The normalized spacial score (nSPS) is 12.3. The molecule has 0 aromatic rings. The van der Waals surface area contributed by atoms with Gasteiger partial charge in [0.1, 0.15) is 6.04 Å². The summed E-state index contributed by atoms with van der Waals surface area (Å²) < 4.78 is 10.2. The average molecular weight is 305 g/mol. The lowest BCUT2D eigenvalue weighted by Gasteiger charge is -2.18. The summed E-state index contributed by atoms with van der Waals surface area (Å²) in [6.07, 6.45) is 1.92. The van der Waals surface area contributed by atoms with Gasteiger partial charge in [-0.1, -0.05) is 27.7 Å². The molecule has 0 fully saturated rings. The molecule has 0 spiro atoms. The predicted molar refractivity (Wildman–Crippen MR) is 81.9 cm³/mol. The molecule has 0 saturated heterocycles. The van der Waals surface area contributed by atoms with Crippen molar-refractivity contribution in [2.75, 3.05) is 25.2 Å². The maximum atomic E-state index is 11.9. The maximum absolute atomic E-state index is 11.9. The smallest absolute Gasteiger partial charge is 0.407 e. The fraction of sp³-hybridized carbons (Fsp3) is 0.857. The standard InChI is InChI=1S/C14H27NO4S/c1-10(2)8-18-13(16)12(6-7-20-5)15-14(17)19-9-11(3)4/h10-12H,6-9H2,1-5H3,(H,15,17)/t12-/m0/s1. The van der Waals surface area contributed by atoms with E-state index in [-0.39, 0.29) is 11.8 Å². The molecule has 1 atom stereocenters. The molecule has 0 aliphatic rings. The number of esters is 1. The van der Waals surface area contributed by atoms with E-state index in [0.29, 0.717) is 19.6 Å². The second-order valence-corrected chi connectivity index (χ2v) is 6.48. The van der Waals surface area contributed by atoms with Crippen LogP contribution in [-0.2, 0) is 14.3 Å². The van der Waals surface area contributed by atoms with Crippen LogP contribution in [0.3, 0.4) is 0 Å². The number of ether oxygens (including phenoxy) is 2. The zero-order valence-electron chi connectivity index (χ0n) is 13.1. The van der Waals surface area contributed by atoms with Gasteiger partial charge in [-0.15, -0.1) is 0 Å². The van der Waals surface area contributed by atoms with Crippen LogP contribution in [-0.4, -0.2) is 43.3 Å². The van der Waals surface area contributed by atoms with E-state index in [1.165, 1.54) is 0 Å². The maximum Gasteiger partial charge on any atom is 0.407 e. The van der Waals surface area contributed by atoms with Crippen LogP contribution in [0.15, 0.2) is 0 Å². The van der Waals surface area contributed by atoms with Gasteiger partial charge in [0.15, 0.2) is 0 Å². The molecular weight excluding hydrogens is 278 g/mol. The number of hydrogen-bond acceptors (Lipinski definition) is 5. The number of hydrogen-bond donors (Lipinski definition) is 1. The average Bonchev–Trinajstić information content (AvgIpc) is 2.38. The minimum atomic E-state index is -0.638. The summed E-state index contributed by atoms with van der Waals surface area (Å²) in [6, 6.07) is -0.638. The van der Waals surface area contributed by atoms with Gasteiger partial charge in [0.25, 0.3) is 0 Å². The third-order valence-corrected chi connectivity index (χ3v) is 2.94. The lowest BCUT2D eigenvalue weighted by molar-refractivity contribution is -0.147. The fourth-order valence-electron chi connectivity index (χ4n) is 1.26. The number of amides is 1. The largest absolute Gasteiger partial charge is 0.464 e. The van der Waals surface area contributed by atoms with Crippen molar-refractivity contribution >= 4 is 23.8 Å². The minimum Gasteiger partial charge on any atom is -0.464 e. The second-order valence-electron chi connectivity index (χ2n) is 5.49. The van der Waals surface area contributed by atoms with Crippen LogP contribution in [0.4, 0.5) is 4.79 Å². The van der Waals surface area contributed by atoms with E-state index in [1.54, 1.807) is 11.8 Å². The third kappa shape index (κ3) is 9.95. The molecule has 0 rings (SSSR count). The van der Waals surface area contributed by atoms with Gasteiger partial charge >= 0.3 is 12.1 Å². The predicted octanol–water partition coefficient (Wildman–Crippen LogP) is 2.69. The van der Waals surface area contributed by atoms with Crippen molar-refractivity contribution in [1.29, 1.82) is 0 Å². The molecule has 0 unspecified atom stereocenters. The summed E-state index contributed by atoms with van der Waals surface area (Å²) in [5.41, 5.74) is 0. The Labute approximate surface area is 126 Å². The summed E-state index contributed by atoms with van der Waals surface area (Å²) in [6.45, 7) is 8.53. The zero-order chi connectivity index (χ0) is 15.5. The van der Waals surface area contributed by atoms with Crippen LogP contribution in [0.5, 0.6) is 0 Å². The van der Waals surface area contributed by atoms with E-state index < -0.39 is 18.1 Å². The summed E-state index contributed by atoms with van der Waals surface area (Å²) in [4.78, 5) is 23.5. The Kier molecular flexibility index (Phi) is 10.3. The first-order valence-electron chi connectivity index (χ1n) is 6.95. The monoisotopic (exact) mass is 305 g/mol. The number of thioether (sulfide) groups is 1. The van der Waals surface area contributed by atoms with E-state index in [4.69, 9.17) is 9.47 Å². The van der Waals surface area contributed by atoms with E-state index >= 15 is 0 Å². The Morgan fingerprint density at radius 3 is 2.10 bits per heavy atom. The minimum absolute atomic E-state index is 0.262. The third-order valence-electron chi connectivity index (χ3n) is 2.29. The fourth-order valence-corrected chi connectivity index (χ4v) is 1.73. The number of rotatable bonds is 9. The van der Waals surface area contributed by atoms with E-state index in [1.807, 2.05) is 34.0 Å². The van der Waals surface area contributed by atoms with Crippen molar-refractivity contribution in [2.24, 2.45) is 11.8 Å². The SMILES string of the molecule is CSCC[C@H](NC(=O)OCC(C)C)C(=O)OCC(C)C. The van der Waals surface area contributed by atoms with Gasteiger partial charge in [-0.05, 0) is 30.3 Å². The molecule has 0 aliphatic carbocycles. The summed E-state index contributed by atoms with van der Waals surface area (Å²) in [5, 5.41) is 2.58. The van der Waals surface area contributed by atoms with Gasteiger partial charge in [0, 0.05) is 0 Å². The first kappa shape index (κ1) is 19.1. The van der Waals surface area contributed by atoms with Crippen molar-refractivity contribution in [3.8, 4) is 0 Å². The van der Waals surface area contributed by atoms with Crippen molar-refractivity contribution in [1.82, 2.24) is 5.32 Å².